The van der Waals surface area contributed by atoms with E-state index in [4.69, 9.17) is 0 Å². The topological polar surface area (TPSA) is 3.01 Å². The van der Waals surface area contributed by atoms with Crippen LogP contribution in [0.2, 0.25) is 0 Å². The van der Waals surface area contributed by atoms with Crippen LogP contribution in [0.25, 0.3) is 0 Å². The summed E-state index contributed by atoms with van der Waals surface area (Å²) in [6.45, 7) is 4.62. The van der Waals surface area contributed by atoms with Crippen molar-refractivity contribution >= 4 is 5.71 Å². The summed E-state index contributed by atoms with van der Waals surface area (Å²) in [5, 5.41) is 0. The van der Waals surface area contributed by atoms with E-state index in [0.717, 1.165) is 12.8 Å². The Morgan fingerprint density at radius 1 is 0.952 bits per heavy atom. The average Bonchev–Trinajstić information content (AvgIpc) is 2.81. The maximum atomic E-state index is 2.49. The molecule has 0 amide bonds. The van der Waals surface area contributed by atoms with Crippen molar-refractivity contribution in [1.29, 1.82) is 0 Å². The highest BCUT2D eigenvalue weighted by atomic mass is 15.1. The molecule has 0 aromatic heterocycles. The van der Waals surface area contributed by atoms with Gasteiger partial charge in [0.2, 0.25) is 0 Å². The molecule has 0 saturated heterocycles. The van der Waals surface area contributed by atoms with Gasteiger partial charge in [-0.05, 0) is 18.1 Å². The van der Waals surface area contributed by atoms with Crippen LogP contribution in [0.3, 0.4) is 0 Å². The van der Waals surface area contributed by atoms with Crippen molar-refractivity contribution in [2.75, 3.05) is 7.05 Å². The third-order valence-electron chi connectivity index (χ3n) is 5.05. The fourth-order valence-electron chi connectivity index (χ4n) is 4.00. The summed E-state index contributed by atoms with van der Waals surface area (Å²) >= 11 is 0. The molecule has 108 valence electrons. The molecule has 0 bridgehead atoms. The summed E-state index contributed by atoms with van der Waals surface area (Å²) in [6, 6.07) is 22.6. The third-order valence-corrected chi connectivity index (χ3v) is 5.05. The van der Waals surface area contributed by atoms with E-state index in [1.54, 1.807) is 0 Å². The molecular weight excluding hydrogens is 254 g/mol. The number of benzene rings is 2. The van der Waals surface area contributed by atoms with Gasteiger partial charge in [-0.15, -0.1) is 0 Å². The summed E-state index contributed by atoms with van der Waals surface area (Å²) in [4.78, 5) is 0. The standard InChI is InChI=1S/C20H24N/c1-4-19-20(15-16(2)21(19)3,17-11-7-5-8-12-17)18-13-9-6-10-14-18/h5-14,16H,4,15H2,1-3H3/q+1/t16-/m0/s1. The minimum absolute atomic E-state index is 0.0332. The molecule has 1 atom stereocenters. The molecule has 0 fully saturated rings. The molecular formula is C20H24N+. The maximum absolute atomic E-state index is 2.49. The Kier molecular flexibility index (Phi) is 3.67. The summed E-state index contributed by atoms with van der Waals surface area (Å²) in [6.07, 6.45) is 2.24. The number of hydrogen-bond acceptors (Lipinski definition) is 0. The van der Waals surface area contributed by atoms with Gasteiger partial charge in [-0.2, -0.15) is 0 Å². The summed E-state index contributed by atoms with van der Waals surface area (Å²) in [5.41, 5.74) is 4.41. The third kappa shape index (κ3) is 2.12. The van der Waals surface area contributed by atoms with Gasteiger partial charge in [0.15, 0.2) is 11.8 Å². The van der Waals surface area contributed by atoms with Crippen molar-refractivity contribution in [1.82, 2.24) is 0 Å². The first-order valence-electron chi connectivity index (χ1n) is 7.90. The second-order valence-electron chi connectivity index (χ2n) is 6.10. The highest BCUT2D eigenvalue weighted by Crippen LogP contribution is 2.43. The van der Waals surface area contributed by atoms with Gasteiger partial charge in [0.25, 0.3) is 0 Å². The second-order valence-corrected chi connectivity index (χ2v) is 6.10. The second kappa shape index (κ2) is 5.48. The van der Waals surface area contributed by atoms with E-state index < -0.39 is 0 Å². The monoisotopic (exact) mass is 278 g/mol. The lowest BCUT2D eigenvalue weighted by atomic mass is 9.68. The molecule has 21 heavy (non-hydrogen) atoms. The quantitative estimate of drug-likeness (QED) is 0.738. The van der Waals surface area contributed by atoms with Gasteiger partial charge in [-0.25, -0.2) is 4.58 Å². The van der Waals surface area contributed by atoms with Crippen molar-refractivity contribution in [3.63, 3.8) is 0 Å². The molecule has 0 unspecified atom stereocenters. The predicted molar refractivity (Wildman–Crippen MR) is 89.2 cm³/mol. The van der Waals surface area contributed by atoms with Crippen LogP contribution in [0.5, 0.6) is 0 Å². The normalized spacial score (nSPS) is 20.8. The zero-order chi connectivity index (χ0) is 14.9. The SMILES string of the molecule is CCC1=[N+](C)[C@@H](C)CC1(c1ccccc1)c1ccccc1. The van der Waals surface area contributed by atoms with E-state index in [1.165, 1.54) is 16.8 Å². The molecule has 0 spiro atoms. The fraction of sp³-hybridized carbons (Fsp3) is 0.350. The van der Waals surface area contributed by atoms with Gasteiger partial charge in [-0.1, -0.05) is 67.6 Å². The minimum Gasteiger partial charge on any atom is -0.236 e. The fourth-order valence-corrected chi connectivity index (χ4v) is 4.00. The largest absolute Gasteiger partial charge is 0.236 e. The molecule has 0 aliphatic carbocycles. The Morgan fingerprint density at radius 3 is 1.86 bits per heavy atom. The first-order valence-corrected chi connectivity index (χ1v) is 7.90. The zero-order valence-electron chi connectivity index (χ0n) is 13.2. The first kappa shape index (κ1) is 14.1. The predicted octanol–water partition coefficient (Wildman–Crippen LogP) is 4.26. The Balaban J connectivity index is 2.28. The van der Waals surface area contributed by atoms with E-state index >= 15 is 0 Å². The Hall–Kier alpha value is -1.89. The van der Waals surface area contributed by atoms with Crippen molar-refractivity contribution < 1.29 is 4.58 Å². The van der Waals surface area contributed by atoms with Crippen LogP contribution < -0.4 is 0 Å². The molecule has 1 aliphatic heterocycles. The lowest BCUT2D eigenvalue weighted by molar-refractivity contribution is -0.526. The van der Waals surface area contributed by atoms with E-state index in [9.17, 15) is 0 Å². The Bertz CT molecular complexity index is 601. The average molecular weight is 278 g/mol. The van der Waals surface area contributed by atoms with Gasteiger partial charge in [0.05, 0.1) is 0 Å². The first-order chi connectivity index (χ1) is 10.2. The van der Waals surface area contributed by atoms with Crippen molar-refractivity contribution in [3.8, 4) is 0 Å². The number of nitrogens with zero attached hydrogens (tertiary/aromatic N) is 1. The lowest BCUT2D eigenvalue weighted by Crippen LogP contribution is -2.35. The summed E-state index contributed by atoms with van der Waals surface area (Å²) < 4.78 is 2.49. The Labute approximate surface area is 128 Å². The molecule has 3 rings (SSSR count). The highest BCUT2D eigenvalue weighted by molar-refractivity contribution is 5.95. The molecule has 0 radical (unpaired) electrons. The van der Waals surface area contributed by atoms with E-state index in [-0.39, 0.29) is 5.41 Å². The maximum Gasteiger partial charge on any atom is 0.167 e. The molecule has 1 nitrogen and oxygen atoms in total. The van der Waals surface area contributed by atoms with Crippen LogP contribution in [-0.2, 0) is 5.41 Å². The number of hydrogen-bond donors (Lipinski definition) is 0. The van der Waals surface area contributed by atoms with Crippen LogP contribution in [-0.4, -0.2) is 23.4 Å². The summed E-state index contributed by atoms with van der Waals surface area (Å²) in [5.74, 6) is 0. The van der Waals surface area contributed by atoms with Gasteiger partial charge < -0.3 is 0 Å². The van der Waals surface area contributed by atoms with Crippen LogP contribution in [0.1, 0.15) is 37.8 Å². The molecule has 2 aromatic rings. The molecule has 1 heterocycles. The molecule has 1 heteroatoms. The van der Waals surface area contributed by atoms with E-state index in [1.807, 2.05) is 0 Å². The molecule has 1 aliphatic rings. The molecule has 2 aromatic carbocycles. The van der Waals surface area contributed by atoms with Crippen LogP contribution in [0.4, 0.5) is 0 Å². The smallest absolute Gasteiger partial charge is 0.167 e. The molecule has 0 saturated carbocycles. The molecule has 0 N–H and O–H groups in total. The van der Waals surface area contributed by atoms with Crippen molar-refractivity contribution in [2.45, 2.75) is 38.1 Å². The minimum atomic E-state index is 0.0332. The van der Waals surface area contributed by atoms with Crippen LogP contribution >= 0.6 is 0 Å². The Morgan fingerprint density at radius 2 is 1.43 bits per heavy atom. The van der Waals surface area contributed by atoms with Crippen molar-refractivity contribution in [3.05, 3.63) is 71.8 Å². The van der Waals surface area contributed by atoms with Gasteiger partial charge in [0.1, 0.15) is 12.5 Å². The van der Waals surface area contributed by atoms with Crippen molar-refractivity contribution in [2.24, 2.45) is 0 Å². The van der Waals surface area contributed by atoms with Crippen LogP contribution in [0.15, 0.2) is 60.7 Å². The van der Waals surface area contributed by atoms with Gasteiger partial charge >= 0.3 is 0 Å². The van der Waals surface area contributed by atoms with Gasteiger partial charge in [-0.3, -0.25) is 0 Å². The van der Waals surface area contributed by atoms with Crippen LogP contribution in [0, 0.1) is 0 Å². The number of rotatable bonds is 3. The summed E-state index contributed by atoms with van der Waals surface area (Å²) in [7, 11) is 2.25. The van der Waals surface area contributed by atoms with Gasteiger partial charge in [0, 0.05) is 12.8 Å². The lowest BCUT2D eigenvalue weighted by Gasteiger charge is -2.29. The zero-order valence-corrected chi connectivity index (χ0v) is 13.2. The van der Waals surface area contributed by atoms with E-state index in [2.05, 4.69) is 86.1 Å². The highest BCUT2D eigenvalue weighted by Gasteiger charge is 2.51. The van der Waals surface area contributed by atoms with E-state index in [0.29, 0.717) is 6.04 Å².